The lowest BCUT2D eigenvalue weighted by atomic mass is 10.0. The fraction of sp³-hybridized carbons (Fsp3) is 0.500. The number of aliphatic carboxylic acids is 1. The first-order valence-electron chi connectivity index (χ1n) is 5.60. The molecular weight excluding hydrogens is 238 g/mol. The molecule has 1 rings (SSSR count). The molecule has 17 heavy (non-hydrogen) atoms. The summed E-state index contributed by atoms with van der Waals surface area (Å²) in [4.78, 5) is 23.4. The minimum absolute atomic E-state index is 0.208. The number of carbonyl (C=O) groups excluding carboxylic acids is 1. The van der Waals surface area contributed by atoms with E-state index in [0.29, 0.717) is 11.3 Å². The van der Waals surface area contributed by atoms with E-state index in [2.05, 4.69) is 5.32 Å². The van der Waals surface area contributed by atoms with E-state index >= 15 is 0 Å². The van der Waals surface area contributed by atoms with E-state index in [4.69, 9.17) is 5.11 Å². The Morgan fingerprint density at radius 1 is 1.53 bits per heavy atom. The molecule has 2 N–H and O–H groups in total. The van der Waals surface area contributed by atoms with Gasteiger partial charge in [0.2, 0.25) is 5.91 Å². The van der Waals surface area contributed by atoms with Crippen LogP contribution in [-0.2, 0) is 9.59 Å². The average molecular weight is 255 g/mol. The summed E-state index contributed by atoms with van der Waals surface area (Å²) < 4.78 is 0. The largest absolute Gasteiger partial charge is 0.479 e. The van der Waals surface area contributed by atoms with Crippen LogP contribution < -0.4 is 5.32 Å². The summed E-state index contributed by atoms with van der Waals surface area (Å²) in [5.41, 5.74) is 0. The Kier molecular flexibility index (Phi) is 5.15. The van der Waals surface area contributed by atoms with Crippen molar-refractivity contribution in [2.75, 3.05) is 0 Å². The number of carboxylic acids is 1. The second-order valence-electron chi connectivity index (χ2n) is 4.07. The molecule has 1 heterocycles. The number of rotatable bonds is 6. The van der Waals surface area contributed by atoms with E-state index in [-0.39, 0.29) is 11.8 Å². The molecule has 0 saturated heterocycles. The van der Waals surface area contributed by atoms with Gasteiger partial charge in [-0.1, -0.05) is 26.3 Å². The summed E-state index contributed by atoms with van der Waals surface area (Å²) in [7, 11) is 0. The summed E-state index contributed by atoms with van der Waals surface area (Å²) in [5, 5.41) is 13.4. The fourth-order valence-corrected chi connectivity index (χ4v) is 2.16. The maximum Gasteiger partial charge on any atom is 0.331 e. The zero-order valence-electron chi connectivity index (χ0n) is 9.97. The van der Waals surface area contributed by atoms with Gasteiger partial charge in [0.25, 0.3) is 0 Å². The van der Waals surface area contributed by atoms with Crippen molar-refractivity contribution < 1.29 is 14.7 Å². The van der Waals surface area contributed by atoms with Gasteiger partial charge in [-0.3, -0.25) is 4.79 Å². The van der Waals surface area contributed by atoms with Crippen molar-refractivity contribution in [3.05, 3.63) is 22.4 Å². The molecule has 0 spiro atoms. The highest BCUT2D eigenvalue weighted by molar-refractivity contribution is 7.10. The SMILES string of the molecule is CCC(C)CC(=O)NC(C(=O)O)c1cccs1. The lowest BCUT2D eigenvalue weighted by Gasteiger charge is -2.14. The smallest absolute Gasteiger partial charge is 0.331 e. The van der Waals surface area contributed by atoms with Crippen LogP contribution in [0.2, 0.25) is 0 Å². The van der Waals surface area contributed by atoms with Crippen molar-refractivity contribution in [1.82, 2.24) is 5.32 Å². The molecule has 2 unspecified atom stereocenters. The van der Waals surface area contributed by atoms with Crippen LogP contribution in [0.25, 0.3) is 0 Å². The summed E-state index contributed by atoms with van der Waals surface area (Å²) >= 11 is 1.33. The second-order valence-corrected chi connectivity index (χ2v) is 5.05. The number of carboxylic acid groups (broad SMARTS) is 1. The van der Waals surface area contributed by atoms with Gasteiger partial charge in [-0.25, -0.2) is 4.79 Å². The summed E-state index contributed by atoms with van der Waals surface area (Å²) in [6.07, 6.45) is 1.27. The van der Waals surface area contributed by atoms with Gasteiger partial charge in [0.1, 0.15) is 0 Å². The molecule has 1 amide bonds. The van der Waals surface area contributed by atoms with E-state index in [9.17, 15) is 9.59 Å². The van der Waals surface area contributed by atoms with Gasteiger partial charge in [-0.15, -0.1) is 11.3 Å². The zero-order chi connectivity index (χ0) is 12.8. The van der Waals surface area contributed by atoms with Crippen LogP contribution in [0.15, 0.2) is 17.5 Å². The molecule has 0 saturated carbocycles. The third-order valence-corrected chi connectivity index (χ3v) is 3.55. The maximum absolute atomic E-state index is 11.7. The van der Waals surface area contributed by atoms with E-state index < -0.39 is 12.0 Å². The van der Waals surface area contributed by atoms with Gasteiger partial charge < -0.3 is 10.4 Å². The molecule has 0 aliphatic carbocycles. The Balaban J connectivity index is 2.62. The van der Waals surface area contributed by atoms with Gasteiger partial charge >= 0.3 is 5.97 Å². The van der Waals surface area contributed by atoms with Gasteiger partial charge in [0.15, 0.2) is 6.04 Å². The molecule has 5 heteroatoms. The number of hydrogen-bond donors (Lipinski definition) is 2. The molecule has 0 fully saturated rings. The van der Waals surface area contributed by atoms with E-state index in [0.717, 1.165) is 6.42 Å². The van der Waals surface area contributed by atoms with Crippen molar-refractivity contribution in [3.63, 3.8) is 0 Å². The quantitative estimate of drug-likeness (QED) is 0.820. The van der Waals surface area contributed by atoms with Gasteiger partial charge in [-0.2, -0.15) is 0 Å². The molecule has 0 aliphatic heterocycles. The van der Waals surface area contributed by atoms with Crippen LogP contribution in [-0.4, -0.2) is 17.0 Å². The minimum Gasteiger partial charge on any atom is -0.479 e. The lowest BCUT2D eigenvalue weighted by Crippen LogP contribution is -2.33. The molecule has 4 nitrogen and oxygen atoms in total. The van der Waals surface area contributed by atoms with Crippen LogP contribution in [0.5, 0.6) is 0 Å². The van der Waals surface area contributed by atoms with Crippen LogP contribution in [0.3, 0.4) is 0 Å². The van der Waals surface area contributed by atoms with Gasteiger partial charge in [0.05, 0.1) is 0 Å². The molecule has 0 bridgehead atoms. The molecule has 0 aromatic carbocycles. The molecular formula is C12H17NO3S. The van der Waals surface area contributed by atoms with Crippen molar-refractivity contribution >= 4 is 23.2 Å². The topological polar surface area (TPSA) is 66.4 Å². The predicted octanol–water partition coefficient (Wildman–Crippen LogP) is 2.43. The normalized spacial score (nSPS) is 14.0. The Morgan fingerprint density at radius 3 is 2.71 bits per heavy atom. The minimum atomic E-state index is -1.02. The Hall–Kier alpha value is -1.36. The van der Waals surface area contributed by atoms with Crippen LogP contribution in [0, 0.1) is 5.92 Å². The standard InChI is InChI=1S/C12H17NO3S/c1-3-8(2)7-10(14)13-11(12(15)16)9-5-4-6-17-9/h4-6,8,11H,3,7H2,1-2H3,(H,13,14)(H,15,16). The predicted molar refractivity (Wildman–Crippen MR) is 66.9 cm³/mol. The summed E-state index contributed by atoms with van der Waals surface area (Å²) in [5.74, 6) is -0.960. The van der Waals surface area contributed by atoms with Gasteiger partial charge in [-0.05, 0) is 17.4 Å². The van der Waals surface area contributed by atoms with E-state index in [1.165, 1.54) is 11.3 Å². The van der Waals surface area contributed by atoms with E-state index in [1.54, 1.807) is 17.5 Å². The third kappa shape index (κ3) is 4.19. The lowest BCUT2D eigenvalue weighted by molar-refractivity contribution is -0.142. The number of carbonyl (C=O) groups is 2. The highest BCUT2D eigenvalue weighted by atomic mass is 32.1. The first-order valence-corrected chi connectivity index (χ1v) is 6.48. The number of hydrogen-bond acceptors (Lipinski definition) is 3. The van der Waals surface area contributed by atoms with Crippen molar-refractivity contribution in [2.24, 2.45) is 5.92 Å². The molecule has 94 valence electrons. The molecule has 0 radical (unpaired) electrons. The van der Waals surface area contributed by atoms with Gasteiger partial charge in [0, 0.05) is 11.3 Å². The van der Waals surface area contributed by atoms with Crippen LogP contribution in [0.1, 0.15) is 37.6 Å². The Bertz CT molecular complexity index is 375. The first kappa shape index (κ1) is 13.7. The molecule has 1 aromatic heterocycles. The number of nitrogens with one attached hydrogen (secondary N) is 1. The third-order valence-electron chi connectivity index (χ3n) is 2.61. The first-order chi connectivity index (χ1) is 8.04. The average Bonchev–Trinajstić information content (AvgIpc) is 2.78. The molecule has 2 atom stereocenters. The summed E-state index contributed by atoms with van der Waals surface area (Å²) in [6.45, 7) is 3.98. The molecule has 0 aliphatic rings. The highest BCUT2D eigenvalue weighted by Gasteiger charge is 2.23. The van der Waals surface area contributed by atoms with Crippen molar-refractivity contribution in [1.29, 1.82) is 0 Å². The number of amides is 1. The van der Waals surface area contributed by atoms with Crippen molar-refractivity contribution in [2.45, 2.75) is 32.7 Å². The van der Waals surface area contributed by atoms with Crippen LogP contribution in [0.4, 0.5) is 0 Å². The zero-order valence-corrected chi connectivity index (χ0v) is 10.8. The Morgan fingerprint density at radius 2 is 2.24 bits per heavy atom. The highest BCUT2D eigenvalue weighted by Crippen LogP contribution is 2.19. The monoisotopic (exact) mass is 255 g/mol. The molecule has 1 aromatic rings. The fourth-order valence-electron chi connectivity index (χ4n) is 1.39. The maximum atomic E-state index is 11.7. The van der Waals surface area contributed by atoms with Crippen LogP contribution >= 0.6 is 11.3 Å². The number of thiophene rings is 1. The second kappa shape index (κ2) is 6.39. The van der Waals surface area contributed by atoms with Crippen molar-refractivity contribution in [3.8, 4) is 0 Å². The Labute approximate surface area is 105 Å². The summed E-state index contributed by atoms with van der Waals surface area (Å²) in [6, 6.07) is 2.57. The van der Waals surface area contributed by atoms with E-state index in [1.807, 2.05) is 13.8 Å².